The molecule has 0 heterocycles. The summed E-state index contributed by atoms with van der Waals surface area (Å²) in [5.41, 5.74) is 8.39. The first-order valence-corrected chi connectivity index (χ1v) is 8.19. The Morgan fingerprint density at radius 2 is 1.81 bits per heavy atom. The van der Waals surface area contributed by atoms with Gasteiger partial charge >= 0.3 is 0 Å². The molecule has 0 spiro atoms. The lowest BCUT2D eigenvalue weighted by molar-refractivity contribution is 0.601. The van der Waals surface area contributed by atoms with Crippen LogP contribution < -0.4 is 10.5 Å². The first-order valence-electron chi connectivity index (χ1n) is 6.30. The topological polar surface area (TPSA) is 72.2 Å². The second kappa shape index (κ2) is 5.83. The number of anilines is 1. The third-order valence-electron chi connectivity index (χ3n) is 3.07. The molecule has 0 saturated carbocycles. The first-order chi connectivity index (χ1) is 9.81. The summed E-state index contributed by atoms with van der Waals surface area (Å²) in [6, 6.07) is 11.9. The number of nitrogens with two attached hydrogens (primary N) is 1. The molecule has 2 rings (SSSR count). The van der Waals surface area contributed by atoms with E-state index < -0.39 is 10.0 Å². The van der Waals surface area contributed by atoms with Gasteiger partial charge in [-0.2, -0.15) is 0 Å². The van der Waals surface area contributed by atoms with Crippen molar-refractivity contribution in [1.29, 1.82) is 0 Å². The average Bonchev–Trinajstić information content (AvgIpc) is 2.42. The average molecular weight is 320 g/mol. The lowest BCUT2D eigenvalue weighted by Crippen LogP contribution is -2.20. The maximum Gasteiger partial charge on any atom is 0.262 e. The largest absolute Gasteiger partial charge is 0.389 e. The van der Waals surface area contributed by atoms with E-state index in [1.165, 1.54) is 6.07 Å². The van der Waals surface area contributed by atoms with E-state index in [9.17, 15) is 8.42 Å². The Balaban J connectivity index is 2.46. The predicted molar refractivity (Wildman–Crippen MR) is 89.1 cm³/mol. The number of rotatable bonds is 4. The molecule has 0 aromatic heterocycles. The van der Waals surface area contributed by atoms with Crippen molar-refractivity contribution >= 4 is 32.9 Å². The molecule has 21 heavy (non-hydrogen) atoms. The van der Waals surface area contributed by atoms with Crippen LogP contribution in [0.5, 0.6) is 0 Å². The lowest BCUT2D eigenvalue weighted by atomic mass is 10.1. The van der Waals surface area contributed by atoms with Crippen LogP contribution in [0.1, 0.15) is 16.7 Å². The zero-order chi connectivity index (χ0) is 15.6. The normalized spacial score (nSPS) is 11.1. The maximum atomic E-state index is 12.5. The highest BCUT2D eigenvalue weighted by Gasteiger charge is 2.20. The fourth-order valence-corrected chi connectivity index (χ4v) is 3.63. The van der Waals surface area contributed by atoms with Crippen molar-refractivity contribution in [2.24, 2.45) is 5.73 Å². The van der Waals surface area contributed by atoms with Crippen molar-refractivity contribution in [2.75, 3.05) is 4.72 Å². The third kappa shape index (κ3) is 3.40. The Labute approximate surface area is 130 Å². The van der Waals surface area contributed by atoms with Gasteiger partial charge in [0.1, 0.15) is 4.99 Å². The van der Waals surface area contributed by atoms with Crippen LogP contribution in [-0.4, -0.2) is 13.4 Å². The number of hydrogen-bond acceptors (Lipinski definition) is 3. The Bertz CT molecular complexity index is 799. The minimum Gasteiger partial charge on any atom is -0.389 e. The van der Waals surface area contributed by atoms with Gasteiger partial charge in [0, 0.05) is 5.56 Å². The molecule has 0 saturated heterocycles. The van der Waals surface area contributed by atoms with Gasteiger partial charge in [-0.25, -0.2) is 8.42 Å². The SMILES string of the molecule is Cc1ccc(NS(=O)(=O)c2ccccc2C(N)=S)c(C)c1. The van der Waals surface area contributed by atoms with Crippen LogP contribution in [-0.2, 0) is 10.0 Å². The Morgan fingerprint density at radius 1 is 1.14 bits per heavy atom. The highest BCUT2D eigenvalue weighted by Crippen LogP contribution is 2.22. The molecule has 0 atom stereocenters. The van der Waals surface area contributed by atoms with Crippen molar-refractivity contribution in [3.05, 3.63) is 59.2 Å². The van der Waals surface area contributed by atoms with Gasteiger partial charge in [-0.05, 0) is 31.5 Å². The Kier molecular flexibility index (Phi) is 4.29. The summed E-state index contributed by atoms with van der Waals surface area (Å²) >= 11 is 4.91. The van der Waals surface area contributed by atoms with Crippen molar-refractivity contribution < 1.29 is 8.42 Å². The molecule has 0 aliphatic carbocycles. The molecule has 0 aliphatic rings. The van der Waals surface area contributed by atoms with Gasteiger partial charge in [0.05, 0.1) is 10.6 Å². The molecule has 110 valence electrons. The monoisotopic (exact) mass is 320 g/mol. The van der Waals surface area contributed by atoms with Crippen molar-refractivity contribution in [1.82, 2.24) is 0 Å². The quantitative estimate of drug-likeness (QED) is 0.850. The fraction of sp³-hybridized carbons (Fsp3) is 0.133. The molecule has 4 nitrogen and oxygen atoms in total. The van der Waals surface area contributed by atoms with Gasteiger partial charge in [-0.15, -0.1) is 0 Å². The third-order valence-corrected chi connectivity index (χ3v) is 4.71. The van der Waals surface area contributed by atoms with Crippen LogP contribution in [0.2, 0.25) is 0 Å². The smallest absolute Gasteiger partial charge is 0.262 e. The fourth-order valence-electron chi connectivity index (χ4n) is 2.03. The first kappa shape index (κ1) is 15.5. The maximum absolute atomic E-state index is 12.5. The van der Waals surface area contributed by atoms with Crippen LogP contribution in [0.4, 0.5) is 5.69 Å². The summed E-state index contributed by atoms with van der Waals surface area (Å²) in [5, 5.41) is 0. The number of benzene rings is 2. The summed E-state index contributed by atoms with van der Waals surface area (Å²) in [5.74, 6) is 0. The van der Waals surface area contributed by atoms with Crippen molar-refractivity contribution in [2.45, 2.75) is 18.7 Å². The molecule has 3 N–H and O–H groups in total. The zero-order valence-corrected chi connectivity index (χ0v) is 13.4. The van der Waals surface area contributed by atoms with Gasteiger partial charge in [-0.3, -0.25) is 4.72 Å². The molecule has 0 aliphatic heterocycles. The molecule has 0 amide bonds. The number of sulfonamides is 1. The van der Waals surface area contributed by atoms with E-state index in [0.29, 0.717) is 11.3 Å². The molecule has 0 unspecified atom stereocenters. The molecule has 0 radical (unpaired) electrons. The molecular weight excluding hydrogens is 304 g/mol. The second-order valence-electron chi connectivity index (χ2n) is 4.78. The lowest BCUT2D eigenvalue weighted by Gasteiger charge is -2.13. The summed E-state index contributed by atoms with van der Waals surface area (Å²) < 4.78 is 27.7. The molecule has 2 aromatic rings. The summed E-state index contributed by atoms with van der Waals surface area (Å²) in [6.07, 6.45) is 0. The summed E-state index contributed by atoms with van der Waals surface area (Å²) in [6.45, 7) is 3.80. The second-order valence-corrected chi connectivity index (χ2v) is 6.87. The number of nitrogens with one attached hydrogen (secondary N) is 1. The molecule has 2 aromatic carbocycles. The van der Waals surface area contributed by atoms with Gasteiger partial charge in [0.2, 0.25) is 0 Å². The van der Waals surface area contributed by atoms with Gasteiger partial charge < -0.3 is 5.73 Å². The standard InChI is InChI=1S/C15H16N2O2S2/c1-10-7-8-13(11(2)9-10)17-21(18,19)14-6-4-3-5-12(14)15(16)20/h3-9,17H,1-2H3,(H2,16,20). The highest BCUT2D eigenvalue weighted by atomic mass is 32.2. The minimum absolute atomic E-state index is 0.0524. The zero-order valence-electron chi connectivity index (χ0n) is 11.8. The van der Waals surface area contributed by atoms with Crippen molar-refractivity contribution in [3.8, 4) is 0 Å². The molecular formula is C15H16N2O2S2. The summed E-state index contributed by atoms with van der Waals surface area (Å²) in [4.78, 5) is 0.133. The Hall–Kier alpha value is -1.92. The van der Waals surface area contributed by atoms with E-state index in [1.54, 1.807) is 24.3 Å². The van der Waals surface area contributed by atoms with Crippen LogP contribution in [0.15, 0.2) is 47.4 Å². The molecule has 6 heteroatoms. The molecule has 0 fully saturated rings. The van der Waals surface area contributed by atoms with E-state index in [0.717, 1.165) is 11.1 Å². The van der Waals surface area contributed by atoms with E-state index in [1.807, 2.05) is 26.0 Å². The van der Waals surface area contributed by atoms with E-state index >= 15 is 0 Å². The van der Waals surface area contributed by atoms with Crippen LogP contribution in [0, 0.1) is 13.8 Å². The van der Waals surface area contributed by atoms with Crippen LogP contribution in [0.25, 0.3) is 0 Å². The Morgan fingerprint density at radius 3 is 2.43 bits per heavy atom. The number of aryl methyl sites for hydroxylation is 2. The van der Waals surface area contributed by atoms with E-state index in [2.05, 4.69) is 4.72 Å². The van der Waals surface area contributed by atoms with Gasteiger partial charge in [0.25, 0.3) is 10.0 Å². The highest BCUT2D eigenvalue weighted by molar-refractivity contribution is 7.93. The molecule has 0 bridgehead atoms. The number of thiocarbonyl (C=S) groups is 1. The van der Waals surface area contributed by atoms with Gasteiger partial charge in [-0.1, -0.05) is 48.1 Å². The predicted octanol–water partition coefficient (Wildman–Crippen LogP) is 2.74. The van der Waals surface area contributed by atoms with Crippen LogP contribution in [0.3, 0.4) is 0 Å². The minimum atomic E-state index is -3.74. The number of hydrogen-bond donors (Lipinski definition) is 2. The van der Waals surface area contributed by atoms with Gasteiger partial charge in [0.15, 0.2) is 0 Å². The van der Waals surface area contributed by atoms with Crippen molar-refractivity contribution in [3.63, 3.8) is 0 Å². The van der Waals surface area contributed by atoms with E-state index in [4.69, 9.17) is 18.0 Å². The van der Waals surface area contributed by atoms with Crippen LogP contribution >= 0.6 is 12.2 Å². The van der Waals surface area contributed by atoms with E-state index in [-0.39, 0.29) is 9.88 Å². The summed E-state index contributed by atoms with van der Waals surface area (Å²) in [7, 11) is -3.74.